The molecule has 0 spiro atoms. The average molecular weight is 409 g/mol. The van der Waals surface area contributed by atoms with Crippen LogP contribution in [0, 0.1) is 5.82 Å². The van der Waals surface area contributed by atoms with Gasteiger partial charge in [0.1, 0.15) is 12.1 Å². The molecule has 0 bridgehead atoms. The van der Waals surface area contributed by atoms with Crippen molar-refractivity contribution in [3.8, 4) is 16.9 Å². The number of halogens is 1. The third-order valence-corrected chi connectivity index (χ3v) is 5.32. The van der Waals surface area contributed by atoms with Crippen LogP contribution in [0.2, 0.25) is 0 Å². The van der Waals surface area contributed by atoms with Crippen LogP contribution in [0.25, 0.3) is 27.7 Å². The van der Waals surface area contributed by atoms with Crippen molar-refractivity contribution in [1.29, 1.82) is 0 Å². The minimum Gasteiger partial charge on any atom is -0.324 e. The lowest BCUT2D eigenvalue weighted by molar-refractivity contribution is 0.628. The van der Waals surface area contributed by atoms with Crippen LogP contribution in [0.4, 0.5) is 15.9 Å². The van der Waals surface area contributed by atoms with Crippen molar-refractivity contribution in [3.05, 3.63) is 97.3 Å². The third kappa shape index (κ3) is 3.42. The summed E-state index contributed by atoms with van der Waals surface area (Å²) in [6.07, 6.45) is 5.30. The van der Waals surface area contributed by atoms with E-state index in [-0.39, 0.29) is 5.82 Å². The van der Waals surface area contributed by atoms with Gasteiger partial charge < -0.3 is 4.90 Å². The Hall–Kier alpha value is -4.06. The molecule has 0 aliphatic heterocycles. The molecule has 6 heteroatoms. The Morgan fingerprint density at radius 2 is 1.61 bits per heavy atom. The van der Waals surface area contributed by atoms with Gasteiger partial charge in [0.15, 0.2) is 11.6 Å². The molecule has 0 saturated carbocycles. The van der Waals surface area contributed by atoms with Gasteiger partial charge >= 0.3 is 0 Å². The van der Waals surface area contributed by atoms with Crippen molar-refractivity contribution >= 4 is 22.3 Å². The van der Waals surface area contributed by atoms with Crippen LogP contribution >= 0.6 is 0 Å². The fourth-order valence-electron chi connectivity index (χ4n) is 3.87. The molecule has 0 saturated heterocycles. The van der Waals surface area contributed by atoms with Crippen LogP contribution in [0.3, 0.4) is 0 Å². The van der Waals surface area contributed by atoms with E-state index in [2.05, 4.69) is 39.1 Å². The SMILES string of the molecule is CCN(c1ccccc1-c1ccc(F)cc1)c1nnc(-n2ccnc2)c2ccccc12. The summed E-state index contributed by atoms with van der Waals surface area (Å²) in [4.78, 5) is 6.28. The number of fused-ring (bicyclic) bond motifs is 1. The summed E-state index contributed by atoms with van der Waals surface area (Å²) in [5, 5.41) is 11.2. The van der Waals surface area contributed by atoms with Crippen LogP contribution in [-0.4, -0.2) is 26.3 Å². The van der Waals surface area contributed by atoms with E-state index < -0.39 is 0 Å². The number of benzene rings is 3. The summed E-state index contributed by atoms with van der Waals surface area (Å²) in [6.45, 7) is 2.78. The van der Waals surface area contributed by atoms with E-state index in [1.165, 1.54) is 12.1 Å². The van der Waals surface area contributed by atoms with Crippen molar-refractivity contribution in [3.63, 3.8) is 0 Å². The Morgan fingerprint density at radius 1 is 0.871 bits per heavy atom. The Morgan fingerprint density at radius 3 is 2.35 bits per heavy atom. The van der Waals surface area contributed by atoms with Crippen LogP contribution < -0.4 is 4.90 Å². The molecule has 152 valence electrons. The van der Waals surface area contributed by atoms with E-state index in [1.54, 1.807) is 24.7 Å². The first-order valence-electron chi connectivity index (χ1n) is 10.1. The lowest BCUT2D eigenvalue weighted by Gasteiger charge is -2.26. The fraction of sp³-hybridized carbons (Fsp3) is 0.0800. The maximum Gasteiger partial charge on any atom is 0.168 e. The van der Waals surface area contributed by atoms with Gasteiger partial charge in [0.05, 0.1) is 5.69 Å². The zero-order chi connectivity index (χ0) is 21.2. The summed E-state index contributed by atoms with van der Waals surface area (Å²) in [5.74, 6) is 1.26. The normalized spacial score (nSPS) is 11.0. The molecule has 0 aliphatic carbocycles. The second-order valence-electron chi connectivity index (χ2n) is 7.13. The molecule has 31 heavy (non-hydrogen) atoms. The topological polar surface area (TPSA) is 46.8 Å². The van der Waals surface area contributed by atoms with Crippen molar-refractivity contribution < 1.29 is 4.39 Å². The second-order valence-corrected chi connectivity index (χ2v) is 7.13. The zero-order valence-corrected chi connectivity index (χ0v) is 17.0. The standard InChI is InChI=1S/C25H20FN5/c1-2-31(23-10-6-5-7-20(23)18-11-13-19(26)14-12-18)25-22-9-4-3-8-21(22)24(28-29-25)30-16-15-27-17-30/h3-17H,2H2,1H3. The molecule has 0 atom stereocenters. The first-order chi connectivity index (χ1) is 15.3. The predicted octanol–water partition coefficient (Wildman–Crippen LogP) is 5.78. The van der Waals surface area contributed by atoms with Crippen molar-refractivity contribution in [1.82, 2.24) is 19.7 Å². The Labute approximate surface area is 179 Å². The van der Waals surface area contributed by atoms with E-state index in [0.29, 0.717) is 6.54 Å². The zero-order valence-electron chi connectivity index (χ0n) is 17.0. The molecule has 2 heterocycles. The van der Waals surface area contributed by atoms with E-state index in [9.17, 15) is 4.39 Å². The van der Waals surface area contributed by atoms with Crippen molar-refractivity contribution in [2.24, 2.45) is 0 Å². The molecule has 5 aromatic rings. The molecule has 0 N–H and O–H groups in total. The number of hydrogen-bond donors (Lipinski definition) is 0. The first-order valence-corrected chi connectivity index (χ1v) is 10.1. The molecule has 0 unspecified atom stereocenters. The van der Waals surface area contributed by atoms with Crippen LogP contribution in [0.1, 0.15) is 6.92 Å². The average Bonchev–Trinajstić information content (AvgIpc) is 3.35. The maximum absolute atomic E-state index is 13.5. The highest BCUT2D eigenvalue weighted by molar-refractivity contribution is 5.98. The first kappa shape index (κ1) is 18.9. The smallest absolute Gasteiger partial charge is 0.168 e. The Kier molecular flexibility index (Phi) is 4.88. The third-order valence-electron chi connectivity index (χ3n) is 5.32. The van der Waals surface area contributed by atoms with Gasteiger partial charge in [-0.05, 0) is 30.7 Å². The number of rotatable bonds is 5. The summed E-state index contributed by atoms with van der Waals surface area (Å²) in [6, 6.07) is 22.8. The number of anilines is 2. The number of hydrogen-bond acceptors (Lipinski definition) is 4. The van der Waals surface area contributed by atoms with Gasteiger partial charge in [0, 0.05) is 35.3 Å². The quantitative estimate of drug-likeness (QED) is 0.369. The molecule has 0 fully saturated rings. The highest BCUT2D eigenvalue weighted by Crippen LogP contribution is 2.37. The molecular formula is C25H20FN5. The van der Waals surface area contributed by atoms with Gasteiger partial charge in [-0.1, -0.05) is 54.6 Å². The van der Waals surface area contributed by atoms with Gasteiger partial charge in [-0.25, -0.2) is 9.37 Å². The van der Waals surface area contributed by atoms with Gasteiger partial charge in [0.25, 0.3) is 0 Å². The number of nitrogens with zero attached hydrogens (tertiary/aromatic N) is 5. The predicted molar refractivity (Wildman–Crippen MR) is 121 cm³/mol. The molecule has 5 nitrogen and oxygen atoms in total. The molecule has 3 aromatic carbocycles. The van der Waals surface area contributed by atoms with Crippen LogP contribution in [0.15, 0.2) is 91.5 Å². The lowest BCUT2D eigenvalue weighted by Crippen LogP contribution is -2.19. The molecule has 0 amide bonds. The molecule has 0 radical (unpaired) electrons. The van der Waals surface area contributed by atoms with Gasteiger partial charge in [-0.3, -0.25) is 4.57 Å². The van der Waals surface area contributed by atoms with E-state index in [1.807, 2.05) is 47.2 Å². The van der Waals surface area contributed by atoms with Gasteiger partial charge in [0.2, 0.25) is 0 Å². The maximum atomic E-state index is 13.5. The van der Waals surface area contributed by atoms with Crippen LogP contribution in [0.5, 0.6) is 0 Å². The molecule has 5 rings (SSSR count). The summed E-state index contributed by atoms with van der Waals surface area (Å²) in [5.41, 5.74) is 2.95. The summed E-state index contributed by atoms with van der Waals surface area (Å²) >= 11 is 0. The highest BCUT2D eigenvalue weighted by Gasteiger charge is 2.19. The minimum absolute atomic E-state index is 0.250. The Balaban J connectivity index is 1.69. The molecule has 0 aliphatic rings. The minimum atomic E-state index is -0.250. The fourth-order valence-corrected chi connectivity index (χ4v) is 3.87. The molecule has 2 aromatic heterocycles. The summed E-state index contributed by atoms with van der Waals surface area (Å²) in [7, 11) is 0. The van der Waals surface area contributed by atoms with Gasteiger partial charge in [-0.15, -0.1) is 10.2 Å². The monoisotopic (exact) mass is 409 g/mol. The molecular weight excluding hydrogens is 389 g/mol. The second kappa shape index (κ2) is 7.99. The number of aromatic nitrogens is 4. The van der Waals surface area contributed by atoms with Crippen LogP contribution in [-0.2, 0) is 0 Å². The highest BCUT2D eigenvalue weighted by atomic mass is 19.1. The largest absolute Gasteiger partial charge is 0.324 e. The van der Waals surface area contributed by atoms with E-state index in [0.717, 1.165) is 39.2 Å². The van der Waals surface area contributed by atoms with Gasteiger partial charge in [-0.2, -0.15) is 0 Å². The van der Waals surface area contributed by atoms with E-state index >= 15 is 0 Å². The number of para-hydroxylation sites is 1. The van der Waals surface area contributed by atoms with E-state index in [4.69, 9.17) is 0 Å². The summed E-state index contributed by atoms with van der Waals surface area (Å²) < 4.78 is 15.3. The Bertz CT molecular complexity index is 1330. The van der Waals surface area contributed by atoms with Crippen molar-refractivity contribution in [2.75, 3.05) is 11.4 Å². The van der Waals surface area contributed by atoms with Crippen molar-refractivity contribution in [2.45, 2.75) is 6.92 Å². The lowest BCUT2D eigenvalue weighted by atomic mass is 10.0. The number of imidazole rings is 1.